The third-order valence-electron chi connectivity index (χ3n) is 3.31. The maximum absolute atomic E-state index is 4.80. The van der Waals surface area contributed by atoms with Crippen molar-refractivity contribution in [3.8, 4) is 0 Å². The number of likely N-dealkylation sites (N-methyl/N-ethyl adjacent to an activating group) is 1. The molecule has 1 aromatic heterocycles. The lowest BCUT2D eigenvalue weighted by Gasteiger charge is -2.18. The van der Waals surface area contributed by atoms with E-state index in [1.54, 1.807) is 0 Å². The largest absolute Gasteiger partial charge is 0.330 e. The van der Waals surface area contributed by atoms with Gasteiger partial charge in [0, 0.05) is 44.7 Å². The van der Waals surface area contributed by atoms with Crippen LogP contribution in [0.5, 0.6) is 0 Å². The monoisotopic (exact) mass is 236 g/mol. The molecule has 2 heterocycles. The predicted octanol–water partition coefficient (Wildman–Crippen LogP) is 1.04. The van der Waals surface area contributed by atoms with Crippen molar-refractivity contribution in [3.05, 3.63) is 17.2 Å². The summed E-state index contributed by atoms with van der Waals surface area (Å²) in [5.74, 6) is 1.28. The fraction of sp³-hybridized carbons (Fsp3) is 0.769. The van der Waals surface area contributed by atoms with Crippen LogP contribution < -0.4 is 5.32 Å². The number of imidazole rings is 1. The van der Waals surface area contributed by atoms with Crippen LogP contribution in [0, 0.1) is 0 Å². The van der Waals surface area contributed by atoms with Gasteiger partial charge in [-0.1, -0.05) is 6.92 Å². The molecule has 0 aliphatic carbocycles. The number of hydrogen-bond donors (Lipinski definition) is 1. The molecule has 4 nitrogen and oxygen atoms in total. The summed E-state index contributed by atoms with van der Waals surface area (Å²) >= 11 is 0. The summed E-state index contributed by atoms with van der Waals surface area (Å²) in [5.41, 5.74) is 2.74. The van der Waals surface area contributed by atoms with Crippen LogP contribution in [0.2, 0.25) is 0 Å². The van der Waals surface area contributed by atoms with Gasteiger partial charge in [0.2, 0.25) is 0 Å². The Balaban J connectivity index is 2.21. The zero-order valence-corrected chi connectivity index (χ0v) is 11.3. The minimum absolute atomic E-state index is 0.945. The Bertz CT molecular complexity index is 368. The molecule has 1 aliphatic rings. The molecule has 0 bridgehead atoms. The molecular weight excluding hydrogens is 212 g/mol. The Morgan fingerprint density at radius 2 is 2.24 bits per heavy atom. The van der Waals surface area contributed by atoms with Gasteiger partial charge in [-0.15, -0.1) is 0 Å². The first-order valence-corrected chi connectivity index (χ1v) is 6.65. The van der Waals surface area contributed by atoms with E-state index in [2.05, 4.69) is 35.8 Å². The summed E-state index contributed by atoms with van der Waals surface area (Å²) in [5, 5.41) is 3.40. The van der Waals surface area contributed by atoms with Crippen LogP contribution in [0.1, 0.15) is 30.6 Å². The molecule has 0 radical (unpaired) electrons. The van der Waals surface area contributed by atoms with Crippen LogP contribution in [0.3, 0.4) is 0 Å². The van der Waals surface area contributed by atoms with E-state index in [4.69, 9.17) is 4.98 Å². The van der Waals surface area contributed by atoms with E-state index in [0.717, 1.165) is 39.0 Å². The zero-order valence-electron chi connectivity index (χ0n) is 11.3. The Hall–Kier alpha value is -0.870. The van der Waals surface area contributed by atoms with Gasteiger partial charge in [0.1, 0.15) is 5.82 Å². The minimum Gasteiger partial charge on any atom is -0.330 e. The fourth-order valence-corrected chi connectivity index (χ4v) is 2.41. The first-order valence-electron chi connectivity index (χ1n) is 6.65. The lowest BCUT2D eigenvalue weighted by atomic mass is 10.2. The lowest BCUT2D eigenvalue weighted by molar-refractivity contribution is 0.376. The molecule has 0 amide bonds. The standard InChI is InChI=1S/C13H24N4/c1-4-5-13-15-11-10-14-7-6-12(11)17(13)9-8-16(2)3/h14H,4-10H2,1-3H3. The van der Waals surface area contributed by atoms with E-state index in [0.29, 0.717) is 0 Å². The third-order valence-corrected chi connectivity index (χ3v) is 3.31. The van der Waals surface area contributed by atoms with Gasteiger partial charge in [-0.2, -0.15) is 0 Å². The van der Waals surface area contributed by atoms with Gasteiger partial charge in [-0.3, -0.25) is 0 Å². The zero-order chi connectivity index (χ0) is 12.3. The van der Waals surface area contributed by atoms with E-state index < -0.39 is 0 Å². The molecule has 0 aromatic carbocycles. The third kappa shape index (κ3) is 2.87. The topological polar surface area (TPSA) is 33.1 Å². The van der Waals surface area contributed by atoms with E-state index in [1.807, 2.05) is 0 Å². The first kappa shape index (κ1) is 12.6. The molecule has 96 valence electrons. The van der Waals surface area contributed by atoms with Crippen molar-refractivity contribution in [1.29, 1.82) is 0 Å². The van der Waals surface area contributed by atoms with Crippen molar-refractivity contribution in [1.82, 2.24) is 19.8 Å². The molecule has 0 atom stereocenters. The van der Waals surface area contributed by atoms with Crippen molar-refractivity contribution < 1.29 is 0 Å². The number of rotatable bonds is 5. The highest BCUT2D eigenvalue weighted by atomic mass is 15.2. The molecule has 2 rings (SSSR count). The fourth-order valence-electron chi connectivity index (χ4n) is 2.41. The Morgan fingerprint density at radius 3 is 2.94 bits per heavy atom. The smallest absolute Gasteiger partial charge is 0.109 e. The second-order valence-electron chi connectivity index (χ2n) is 5.05. The van der Waals surface area contributed by atoms with Crippen LogP contribution in [0.25, 0.3) is 0 Å². The average molecular weight is 236 g/mol. The van der Waals surface area contributed by atoms with Gasteiger partial charge in [-0.05, 0) is 20.5 Å². The van der Waals surface area contributed by atoms with Gasteiger partial charge < -0.3 is 14.8 Å². The quantitative estimate of drug-likeness (QED) is 0.829. The molecule has 0 unspecified atom stereocenters. The molecule has 4 heteroatoms. The Labute approximate surface area is 104 Å². The number of nitrogens with one attached hydrogen (secondary N) is 1. The lowest BCUT2D eigenvalue weighted by Crippen LogP contribution is -2.26. The minimum atomic E-state index is 0.945. The normalized spacial score (nSPS) is 15.3. The van der Waals surface area contributed by atoms with Crippen molar-refractivity contribution in [2.24, 2.45) is 0 Å². The summed E-state index contributed by atoms with van der Waals surface area (Å²) < 4.78 is 2.46. The highest BCUT2D eigenvalue weighted by Gasteiger charge is 2.18. The summed E-state index contributed by atoms with van der Waals surface area (Å²) in [4.78, 5) is 7.04. The van der Waals surface area contributed by atoms with Crippen LogP contribution in [-0.2, 0) is 25.9 Å². The summed E-state index contributed by atoms with van der Waals surface area (Å²) in [6.45, 7) is 6.42. The van der Waals surface area contributed by atoms with E-state index in [9.17, 15) is 0 Å². The molecule has 17 heavy (non-hydrogen) atoms. The van der Waals surface area contributed by atoms with Crippen LogP contribution >= 0.6 is 0 Å². The molecule has 1 aliphatic heterocycles. The number of nitrogens with zero attached hydrogens (tertiary/aromatic N) is 3. The van der Waals surface area contributed by atoms with Crippen LogP contribution in [-0.4, -0.2) is 41.6 Å². The van der Waals surface area contributed by atoms with Crippen molar-refractivity contribution >= 4 is 0 Å². The maximum Gasteiger partial charge on any atom is 0.109 e. The summed E-state index contributed by atoms with van der Waals surface area (Å²) in [7, 11) is 4.26. The van der Waals surface area contributed by atoms with Gasteiger partial charge in [0.15, 0.2) is 0 Å². The molecular formula is C13H24N4. The molecule has 0 fully saturated rings. The number of aryl methyl sites for hydroxylation is 1. The molecule has 0 saturated heterocycles. The van der Waals surface area contributed by atoms with E-state index >= 15 is 0 Å². The maximum atomic E-state index is 4.80. The predicted molar refractivity (Wildman–Crippen MR) is 70.2 cm³/mol. The molecule has 0 spiro atoms. The molecule has 0 saturated carbocycles. The van der Waals surface area contributed by atoms with Gasteiger partial charge in [0.25, 0.3) is 0 Å². The average Bonchev–Trinajstić information content (AvgIpc) is 2.64. The van der Waals surface area contributed by atoms with Crippen LogP contribution in [0.4, 0.5) is 0 Å². The molecule has 1 aromatic rings. The highest BCUT2D eigenvalue weighted by molar-refractivity contribution is 5.20. The Kier molecular flexibility index (Phi) is 4.18. The molecule has 1 N–H and O–H groups in total. The van der Waals surface area contributed by atoms with E-state index in [-0.39, 0.29) is 0 Å². The highest BCUT2D eigenvalue weighted by Crippen LogP contribution is 2.17. The van der Waals surface area contributed by atoms with Crippen LogP contribution in [0.15, 0.2) is 0 Å². The SMILES string of the molecule is CCCc1nc2c(n1CCN(C)C)CCNC2. The van der Waals surface area contributed by atoms with Gasteiger partial charge in [-0.25, -0.2) is 4.98 Å². The Morgan fingerprint density at radius 1 is 1.41 bits per heavy atom. The summed E-state index contributed by atoms with van der Waals surface area (Å²) in [6, 6.07) is 0. The van der Waals surface area contributed by atoms with Gasteiger partial charge in [0.05, 0.1) is 5.69 Å². The summed E-state index contributed by atoms with van der Waals surface area (Å²) in [6.07, 6.45) is 3.39. The number of fused-ring (bicyclic) bond motifs is 1. The van der Waals surface area contributed by atoms with Gasteiger partial charge >= 0.3 is 0 Å². The number of hydrogen-bond acceptors (Lipinski definition) is 3. The number of aromatic nitrogens is 2. The second-order valence-corrected chi connectivity index (χ2v) is 5.05. The first-order chi connectivity index (χ1) is 8.22. The van der Waals surface area contributed by atoms with Crippen molar-refractivity contribution in [2.45, 2.75) is 39.3 Å². The van der Waals surface area contributed by atoms with E-state index in [1.165, 1.54) is 23.6 Å². The van der Waals surface area contributed by atoms with Crippen molar-refractivity contribution in [3.63, 3.8) is 0 Å². The van der Waals surface area contributed by atoms with Crippen molar-refractivity contribution in [2.75, 3.05) is 27.2 Å². The second kappa shape index (κ2) is 5.65.